The van der Waals surface area contributed by atoms with Gasteiger partial charge in [0.2, 0.25) is 0 Å². The molecule has 0 amide bonds. The molecule has 1 aliphatic heterocycles. The molecule has 0 radical (unpaired) electrons. The number of nitriles is 1. The summed E-state index contributed by atoms with van der Waals surface area (Å²) in [5.41, 5.74) is 6.22. The summed E-state index contributed by atoms with van der Waals surface area (Å²) in [6.45, 7) is 2.42. The van der Waals surface area contributed by atoms with E-state index in [4.69, 9.17) is 5.26 Å². The molecule has 1 heterocycles. The van der Waals surface area contributed by atoms with Crippen molar-refractivity contribution in [1.82, 2.24) is 4.90 Å². The van der Waals surface area contributed by atoms with Crippen LogP contribution >= 0.6 is 0 Å². The molecule has 23 heavy (non-hydrogen) atoms. The third kappa shape index (κ3) is 2.90. The highest BCUT2D eigenvalue weighted by atomic mass is 15.2. The van der Waals surface area contributed by atoms with Crippen molar-refractivity contribution < 1.29 is 0 Å². The van der Waals surface area contributed by atoms with E-state index in [1.807, 2.05) is 12.1 Å². The van der Waals surface area contributed by atoms with Gasteiger partial charge in [0, 0.05) is 19.1 Å². The van der Waals surface area contributed by atoms with Gasteiger partial charge in [-0.3, -0.25) is 4.90 Å². The fourth-order valence-electron chi connectivity index (χ4n) is 3.78. The van der Waals surface area contributed by atoms with Gasteiger partial charge in [-0.1, -0.05) is 36.8 Å². The Morgan fingerprint density at radius 2 is 1.57 bits per heavy atom. The lowest BCUT2D eigenvalue weighted by Gasteiger charge is -2.36. The molecule has 0 unspecified atom stereocenters. The second-order valence-electron chi connectivity index (χ2n) is 6.79. The Hall–Kier alpha value is -2.11. The van der Waals surface area contributed by atoms with Gasteiger partial charge in [0.15, 0.2) is 0 Å². The van der Waals surface area contributed by atoms with E-state index < -0.39 is 0 Å². The summed E-state index contributed by atoms with van der Waals surface area (Å²) < 4.78 is 0. The molecule has 1 saturated carbocycles. The van der Waals surface area contributed by atoms with Gasteiger partial charge in [0.05, 0.1) is 11.6 Å². The first kappa shape index (κ1) is 14.5. The fraction of sp³-hybridized carbons (Fsp3) is 0.381. The quantitative estimate of drug-likeness (QED) is 0.832. The van der Waals surface area contributed by atoms with E-state index in [2.05, 4.69) is 41.3 Å². The van der Waals surface area contributed by atoms with Crippen LogP contribution < -0.4 is 0 Å². The van der Waals surface area contributed by atoms with E-state index in [0.29, 0.717) is 0 Å². The minimum atomic E-state index is 0.722. The van der Waals surface area contributed by atoms with Crippen molar-refractivity contribution in [1.29, 1.82) is 5.26 Å². The fourth-order valence-corrected chi connectivity index (χ4v) is 3.78. The van der Waals surface area contributed by atoms with Crippen LogP contribution in [0.2, 0.25) is 0 Å². The summed E-state index contributed by atoms with van der Waals surface area (Å²) in [5, 5.41) is 8.93. The Morgan fingerprint density at radius 1 is 0.870 bits per heavy atom. The van der Waals surface area contributed by atoms with Crippen LogP contribution in [0.3, 0.4) is 0 Å². The Kier molecular flexibility index (Phi) is 3.89. The molecule has 0 N–H and O–H groups in total. The van der Waals surface area contributed by atoms with Crippen LogP contribution in [-0.4, -0.2) is 24.0 Å². The average Bonchev–Trinajstić information content (AvgIpc) is 2.76. The number of rotatable bonds is 2. The van der Waals surface area contributed by atoms with Gasteiger partial charge in [0.25, 0.3) is 0 Å². The second-order valence-corrected chi connectivity index (χ2v) is 6.79. The molecule has 2 aromatic carbocycles. The number of nitrogens with zero attached hydrogens (tertiary/aromatic N) is 2. The summed E-state index contributed by atoms with van der Waals surface area (Å²) in [5.74, 6) is 0. The zero-order valence-electron chi connectivity index (χ0n) is 13.5. The van der Waals surface area contributed by atoms with E-state index in [1.165, 1.54) is 61.0 Å². The summed E-state index contributed by atoms with van der Waals surface area (Å²) in [7, 11) is 0. The molecule has 4 rings (SSSR count). The van der Waals surface area contributed by atoms with Gasteiger partial charge in [0.1, 0.15) is 0 Å². The highest BCUT2D eigenvalue weighted by molar-refractivity contribution is 5.65. The van der Waals surface area contributed by atoms with Gasteiger partial charge in [-0.15, -0.1) is 0 Å². The zero-order chi connectivity index (χ0) is 15.6. The molecule has 2 nitrogen and oxygen atoms in total. The van der Waals surface area contributed by atoms with Gasteiger partial charge < -0.3 is 0 Å². The van der Waals surface area contributed by atoms with Crippen molar-refractivity contribution in [2.75, 3.05) is 13.1 Å². The smallest absolute Gasteiger partial charge is 0.0991 e. The second kappa shape index (κ2) is 6.18. The minimum Gasteiger partial charge on any atom is -0.300 e. The first-order chi connectivity index (χ1) is 11.3. The Balaban J connectivity index is 1.56. The van der Waals surface area contributed by atoms with E-state index in [-0.39, 0.29) is 0 Å². The average molecular weight is 302 g/mol. The van der Waals surface area contributed by atoms with E-state index in [1.54, 1.807) is 0 Å². The predicted molar refractivity (Wildman–Crippen MR) is 93.2 cm³/mol. The SMILES string of the molecule is N#Cc1ccc(-c2ccc3c(c2)CCN(C2CCC2)CC3)cc1. The Morgan fingerprint density at radius 3 is 2.22 bits per heavy atom. The molecule has 1 aliphatic carbocycles. The number of hydrogen-bond donors (Lipinski definition) is 0. The Labute approximate surface area is 138 Å². The van der Waals surface area contributed by atoms with Crippen LogP contribution in [0, 0.1) is 11.3 Å². The van der Waals surface area contributed by atoms with Crippen molar-refractivity contribution in [3.63, 3.8) is 0 Å². The van der Waals surface area contributed by atoms with Crippen LogP contribution in [0.4, 0.5) is 0 Å². The topological polar surface area (TPSA) is 27.0 Å². The van der Waals surface area contributed by atoms with Gasteiger partial charge in [-0.25, -0.2) is 0 Å². The molecule has 2 heteroatoms. The molecule has 2 aliphatic rings. The van der Waals surface area contributed by atoms with Crippen LogP contribution in [0.25, 0.3) is 11.1 Å². The summed E-state index contributed by atoms with van der Waals surface area (Å²) >= 11 is 0. The number of benzene rings is 2. The molecule has 2 aromatic rings. The van der Waals surface area contributed by atoms with Crippen LogP contribution in [0.5, 0.6) is 0 Å². The molecular weight excluding hydrogens is 280 g/mol. The van der Waals surface area contributed by atoms with Crippen LogP contribution in [-0.2, 0) is 12.8 Å². The molecule has 0 aromatic heterocycles. The first-order valence-electron chi connectivity index (χ1n) is 8.70. The predicted octanol–water partition coefficient (Wildman–Crippen LogP) is 4.18. The lowest BCUT2D eigenvalue weighted by atomic mass is 9.91. The van der Waals surface area contributed by atoms with E-state index in [9.17, 15) is 0 Å². The molecule has 1 fully saturated rings. The molecular formula is C21H22N2. The summed E-state index contributed by atoms with van der Waals surface area (Å²) in [4.78, 5) is 2.70. The maximum atomic E-state index is 8.93. The maximum Gasteiger partial charge on any atom is 0.0991 e. The van der Waals surface area contributed by atoms with Gasteiger partial charge in [-0.2, -0.15) is 5.26 Å². The largest absolute Gasteiger partial charge is 0.300 e. The van der Waals surface area contributed by atoms with Crippen molar-refractivity contribution in [3.8, 4) is 17.2 Å². The van der Waals surface area contributed by atoms with E-state index in [0.717, 1.165) is 18.0 Å². The molecule has 0 bridgehead atoms. The summed E-state index contributed by atoms with van der Waals surface area (Å²) in [6.07, 6.45) is 6.55. The summed E-state index contributed by atoms with van der Waals surface area (Å²) in [6, 6.07) is 17.9. The normalized spacial score (nSPS) is 18.6. The van der Waals surface area contributed by atoms with Crippen molar-refractivity contribution in [2.45, 2.75) is 38.1 Å². The van der Waals surface area contributed by atoms with Crippen molar-refractivity contribution in [2.24, 2.45) is 0 Å². The number of fused-ring (bicyclic) bond motifs is 1. The monoisotopic (exact) mass is 302 g/mol. The minimum absolute atomic E-state index is 0.722. The molecule has 0 spiro atoms. The lowest BCUT2D eigenvalue weighted by Crippen LogP contribution is -2.41. The van der Waals surface area contributed by atoms with Crippen LogP contribution in [0.15, 0.2) is 42.5 Å². The number of hydrogen-bond acceptors (Lipinski definition) is 2. The van der Waals surface area contributed by atoms with Crippen molar-refractivity contribution in [3.05, 3.63) is 59.2 Å². The zero-order valence-corrected chi connectivity index (χ0v) is 13.5. The Bertz CT molecular complexity index is 735. The highest BCUT2D eigenvalue weighted by Gasteiger charge is 2.26. The lowest BCUT2D eigenvalue weighted by molar-refractivity contribution is 0.133. The molecule has 116 valence electrons. The van der Waals surface area contributed by atoms with Gasteiger partial charge >= 0.3 is 0 Å². The third-order valence-corrected chi connectivity index (χ3v) is 5.48. The highest BCUT2D eigenvalue weighted by Crippen LogP contribution is 2.29. The first-order valence-corrected chi connectivity index (χ1v) is 8.70. The van der Waals surface area contributed by atoms with Crippen molar-refractivity contribution >= 4 is 0 Å². The molecule has 0 atom stereocenters. The van der Waals surface area contributed by atoms with Gasteiger partial charge in [-0.05, 0) is 60.1 Å². The maximum absolute atomic E-state index is 8.93. The third-order valence-electron chi connectivity index (χ3n) is 5.48. The van der Waals surface area contributed by atoms with E-state index >= 15 is 0 Å². The molecule has 0 saturated heterocycles. The van der Waals surface area contributed by atoms with Crippen LogP contribution in [0.1, 0.15) is 36.0 Å². The standard InChI is InChI=1S/C21H22N2/c22-15-16-4-6-17(7-5-16)19-9-8-18-10-12-23(21-2-1-3-21)13-11-20(18)14-19/h4-9,14,21H,1-3,10-13H2.